The fraction of sp³-hybridized carbons (Fsp3) is 0.923. The fourth-order valence-corrected chi connectivity index (χ4v) is 2.29. The average molecular weight is 272 g/mol. The van der Waals surface area contributed by atoms with Crippen LogP contribution in [0.3, 0.4) is 0 Å². The summed E-state index contributed by atoms with van der Waals surface area (Å²) in [4.78, 5) is 16.3. The van der Waals surface area contributed by atoms with Crippen LogP contribution in [0.1, 0.15) is 6.92 Å². The summed E-state index contributed by atoms with van der Waals surface area (Å²) in [5, 5.41) is 6.12. The predicted molar refractivity (Wildman–Crippen MR) is 76.3 cm³/mol. The number of likely N-dealkylation sites (N-methyl/N-ethyl adjacent to an activating group) is 2. The number of ether oxygens (including phenoxy) is 1. The van der Waals surface area contributed by atoms with Gasteiger partial charge >= 0.3 is 0 Å². The zero-order chi connectivity index (χ0) is 14.3. The molecule has 1 rings (SSSR count). The molecule has 2 N–H and O–H groups in total. The number of carbonyl (C=O) groups is 1. The summed E-state index contributed by atoms with van der Waals surface area (Å²) in [5.41, 5.74) is 0. The maximum Gasteiger partial charge on any atom is 0.234 e. The number of hydrogen-bond donors (Lipinski definition) is 2. The van der Waals surface area contributed by atoms with Gasteiger partial charge in [0.05, 0.1) is 13.2 Å². The lowest BCUT2D eigenvalue weighted by Gasteiger charge is -2.37. The molecule has 0 saturated carbocycles. The van der Waals surface area contributed by atoms with Crippen molar-refractivity contribution in [3.63, 3.8) is 0 Å². The molecule has 112 valence electrons. The van der Waals surface area contributed by atoms with E-state index >= 15 is 0 Å². The maximum absolute atomic E-state index is 11.7. The molecule has 1 amide bonds. The van der Waals surface area contributed by atoms with E-state index < -0.39 is 0 Å². The second-order valence-electron chi connectivity index (χ2n) is 5.45. The monoisotopic (exact) mass is 272 g/mol. The standard InChI is InChI=1S/C13H28N4O2/c1-11(10-19-4)15-13(18)8-14-7-12-9-16(2)5-6-17(12)3/h11-12,14H,5-10H2,1-4H3,(H,15,18). The van der Waals surface area contributed by atoms with Crippen LogP contribution in [0, 0.1) is 0 Å². The predicted octanol–water partition coefficient (Wildman–Crippen LogP) is -1.03. The van der Waals surface area contributed by atoms with Crippen LogP contribution in [-0.4, -0.2) is 88.3 Å². The first-order valence-electron chi connectivity index (χ1n) is 6.90. The molecule has 0 bridgehead atoms. The highest BCUT2D eigenvalue weighted by molar-refractivity contribution is 5.78. The Morgan fingerprint density at radius 2 is 2.16 bits per heavy atom. The van der Waals surface area contributed by atoms with E-state index in [1.54, 1.807) is 7.11 Å². The van der Waals surface area contributed by atoms with Crippen molar-refractivity contribution in [2.75, 3.05) is 60.5 Å². The van der Waals surface area contributed by atoms with Gasteiger partial charge in [-0.05, 0) is 21.0 Å². The summed E-state index contributed by atoms with van der Waals surface area (Å²) < 4.78 is 4.98. The highest BCUT2D eigenvalue weighted by Crippen LogP contribution is 2.04. The second kappa shape index (κ2) is 8.47. The minimum atomic E-state index is 0.0244. The van der Waals surface area contributed by atoms with Crippen LogP contribution in [0.5, 0.6) is 0 Å². The molecular formula is C13H28N4O2. The number of hydrogen-bond acceptors (Lipinski definition) is 5. The summed E-state index contributed by atoms with van der Waals surface area (Å²) in [6, 6.07) is 0.533. The van der Waals surface area contributed by atoms with Crippen molar-refractivity contribution in [1.82, 2.24) is 20.4 Å². The van der Waals surface area contributed by atoms with Gasteiger partial charge in [-0.2, -0.15) is 0 Å². The van der Waals surface area contributed by atoms with E-state index in [1.165, 1.54) is 0 Å². The van der Waals surface area contributed by atoms with Gasteiger partial charge in [-0.3, -0.25) is 9.69 Å². The zero-order valence-corrected chi connectivity index (χ0v) is 12.6. The molecule has 0 aromatic carbocycles. The molecule has 1 heterocycles. The van der Waals surface area contributed by atoms with Crippen molar-refractivity contribution in [3.05, 3.63) is 0 Å². The molecule has 0 aromatic rings. The third-order valence-electron chi connectivity index (χ3n) is 3.47. The van der Waals surface area contributed by atoms with Crippen LogP contribution in [-0.2, 0) is 9.53 Å². The molecule has 6 heteroatoms. The number of amides is 1. The van der Waals surface area contributed by atoms with Gasteiger partial charge in [0.2, 0.25) is 5.91 Å². The van der Waals surface area contributed by atoms with Crippen LogP contribution in [0.25, 0.3) is 0 Å². The minimum absolute atomic E-state index is 0.0244. The van der Waals surface area contributed by atoms with E-state index in [0.29, 0.717) is 19.2 Å². The van der Waals surface area contributed by atoms with Crippen molar-refractivity contribution >= 4 is 5.91 Å². The molecule has 1 saturated heterocycles. The number of piperazine rings is 1. The lowest BCUT2D eigenvalue weighted by molar-refractivity contribution is -0.121. The van der Waals surface area contributed by atoms with Crippen molar-refractivity contribution in [2.24, 2.45) is 0 Å². The zero-order valence-electron chi connectivity index (χ0n) is 12.6. The van der Waals surface area contributed by atoms with Crippen LogP contribution >= 0.6 is 0 Å². The quantitative estimate of drug-likeness (QED) is 0.621. The van der Waals surface area contributed by atoms with Gasteiger partial charge in [0.15, 0.2) is 0 Å². The van der Waals surface area contributed by atoms with E-state index in [2.05, 4.69) is 34.5 Å². The Hall–Kier alpha value is -0.690. The first kappa shape index (κ1) is 16.4. The second-order valence-corrected chi connectivity index (χ2v) is 5.45. The third-order valence-corrected chi connectivity index (χ3v) is 3.47. The molecule has 19 heavy (non-hydrogen) atoms. The summed E-state index contributed by atoms with van der Waals surface area (Å²) in [6.45, 7) is 6.93. The highest BCUT2D eigenvalue weighted by Gasteiger charge is 2.21. The van der Waals surface area contributed by atoms with Crippen molar-refractivity contribution < 1.29 is 9.53 Å². The van der Waals surface area contributed by atoms with Gasteiger partial charge in [0, 0.05) is 45.4 Å². The van der Waals surface area contributed by atoms with Crippen molar-refractivity contribution in [1.29, 1.82) is 0 Å². The topological polar surface area (TPSA) is 56.8 Å². The molecule has 2 atom stereocenters. The summed E-state index contributed by atoms with van der Waals surface area (Å²) in [6.07, 6.45) is 0. The molecule has 0 radical (unpaired) electrons. The van der Waals surface area contributed by atoms with E-state index in [0.717, 1.165) is 26.2 Å². The first-order chi connectivity index (χ1) is 9.02. The molecule has 0 aromatic heterocycles. The minimum Gasteiger partial charge on any atom is -0.383 e. The molecule has 2 unspecified atom stereocenters. The van der Waals surface area contributed by atoms with Gasteiger partial charge in [-0.1, -0.05) is 0 Å². The highest BCUT2D eigenvalue weighted by atomic mass is 16.5. The maximum atomic E-state index is 11.7. The van der Waals surface area contributed by atoms with Crippen molar-refractivity contribution in [3.8, 4) is 0 Å². The molecule has 0 spiro atoms. The van der Waals surface area contributed by atoms with Gasteiger partial charge in [-0.15, -0.1) is 0 Å². The van der Waals surface area contributed by atoms with Gasteiger partial charge in [0.1, 0.15) is 0 Å². The van der Waals surface area contributed by atoms with E-state index in [-0.39, 0.29) is 11.9 Å². The third kappa shape index (κ3) is 6.33. The fourth-order valence-electron chi connectivity index (χ4n) is 2.29. The molecular weight excluding hydrogens is 244 g/mol. The summed E-state index contributed by atoms with van der Waals surface area (Å²) >= 11 is 0. The Morgan fingerprint density at radius 1 is 1.42 bits per heavy atom. The normalized spacial score (nSPS) is 23.3. The number of nitrogens with one attached hydrogen (secondary N) is 2. The lowest BCUT2D eigenvalue weighted by atomic mass is 10.2. The largest absolute Gasteiger partial charge is 0.383 e. The Labute approximate surface area is 116 Å². The SMILES string of the molecule is COCC(C)NC(=O)CNCC1CN(C)CCN1C. The number of nitrogens with zero attached hydrogens (tertiary/aromatic N) is 2. The summed E-state index contributed by atoms with van der Waals surface area (Å²) in [5.74, 6) is 0.0244. The van der Waals surface area contributed by atoms with Crippen LogP contribution < -0.4 is 10.6 Å². The molecule has 0 aliphatic carbocycles. The van der Waals surface area contributed by atoms with Gasteiger partial charge in [0.25, 0.3) is 0 Å². The molecule has 1 fully saturated rings. The van der Waals surface area contributed by atoms with Gasteiger partial charge in [-0.25, -0.2) is 0 Å². The average Bonchev–Trinajstić information content (AvgIpc) is 2.33. The molecule has 1 aliphatic heterocycles. The van der Waals surface area contributed by atoms with Crippen LogP contribution in [0.15, 0.2) is 0 Å². The van der Waals surface area contributed by atoms with E-state index in [9.17, 15) is 4.79 Å². The number of carbonyl (C=O) groups excluding carboxylic acids is 1. The van der Waals surface area contributed by atoms with Crippen LogP contribution in [0.4, 0.5) is 0 Å². The van der Waals surface area contributed by atoms with E-state index in [4.69, 9.17) is 4.74 Å². The summed E-state index contributed by atoms with van der Waals surface area (Å²) in [7, 11) is 5.91. The molecule has 6 nitrogen and oxygen atoms in total. The Morgan fingerprint density at radius 3 is 2.84 bits per heavy atom. The van der Waals surface area contributed by atoms with Crippen LogP contribution in [0.2, 0.25) is 0 Å². The van der Waals surface area contributed by atoms with E-state index in [1.807, 2.05) is 6.92 Å². The Balaban J connectivity index is 2.16. The molecule has 1 aliphatic rings. The number of methoxy groups -OCH3 is 1. The number of rotatable bonds is 7. The van der Waals surface area contributed by atoms with Crippen molar-refractivity contribution in [2.45, 2.75) is 19.0 Å². The lowest BCUT2D eigenvalue weighted by Crippen LogP contribution is -2.54. The smallest absolute Gasteiger partial charge is 0.234 e. The Bertz CT molecular complexity index is 275. The first-order valence-corrected chi connectivity index (χ1v) is 6.90. The Kier molecular flexibility index (Phi) is 7.30. The van der Waals surface area contributed by atoms with Gasteiger partial charge < -0.3 is 20.3 Å².